The van der Waals surface area contributed by atoms with Crippen LogP contribution in [0.5, 0.6) is 0 Å². The number of carbonyl (C=O) groups is 2. The van der Waals surface area contributed by atoms with Crippen LogP contribution in [-0.2, 0) is 37.4 Å². The molecule has 2 heterocycles. The number of esters is 2. The zero-order valence-corrected chi connectivity index (χ0v) is 19.3. The summed E-state index contributed by atoms with van der Waals surface area (Å²) in [4.78, 5) is 47.6. The number of anilines is 1. The second-order valence-electron chi connectivity index (χ2n) is 6.98. The summed E-state index contributed by atoms with van der Waals surface area (Å²) in [6.45, 7) is -0.106. The topological polar surface area (TPSA) is 211 Å². The number of nitrogens with zero attached hydrogens (tertiary/aromatic N) is 2. The van der Waals surface area contributed by atoms with Gasteiger partial charge >= 0.3 is 31.4 Å². The molecule has 35 heavy (non-hydrogen) atoms. The van der Waals surface area contributed by atoms with E-state index < -0.39 is 69.8 Å². The summed E-state index contributed by atoms with van der Waals surface area (Å²) in [5.41, 5.74) is 4.13. The fourth-order valence-electron chi connectivity index (χ4n) is 2.69. The third kappa shape index (κ3) is 8.28. The molecule has 0 aromatic carbocycles. The SMILES string of the molecule is CCNCCC(=O)OCC(=O)OCOP(=O)(O)OC[C@H]1O[C@@H](n2ccc(N)nc2=O)C(F)(F)[C@@H]1O. The lowest BCUT2D eigenvalue weighted by Crippen LogP contribution is -2.41. The van der Waals surface area contributed by atoms with E-state index in [0.717, 1.165) is 12.3 Å². The molecular weight excluding hydrogens is 505 g/mol. The molecule has 0 amide bonds. The van der Waals surface area contributed by atoms with Crippen molar-refractivity contribution in [1.29, 1.82) is 0 Å². The molecule has 198 valence electrons. The van der Waals surface area contributed by atoms with Gasteiger partial charge in [0.1, 0.15) is 11.9 Å². The van der Waals surface area contributed by atoms with Gasteiger partial charge in [0.05, 0.1) is 13.0 Å². The molecule has 0 aliphatic carbocycles. The van der Waals surface area contributed by atoms with Crippen molar-refractivity contribution in [3.63, 3.8) is 0 Å². The number of aromatic nitrogens is 2. The Balaban J connectivity index is 1.80. The van der Waals surface area contributed by atoms with Crippen LogP contribution in [0.4, 0.5) is 14.6 Å². The summed E-state index contributed by atoms with van der Waals surface area (Å²) < 4.78 is 64.1. The Bertz CT molecular complexity index is 995. The van der Waals surface area contributed by atoms with Crippen molar-refractivity contribution >= 4 is 25.6 Å². The fraction of sp³-hybridized carbons (Fsp3) is 0.647. The monoisotopic (exact) mass is 530 g/mol. The van der Waals surface area contributed by atoms with Crippen LogP contribution >= 0.6 is 7.82 Å². The van der Waals surface area contributed by atoms with E-state index in [2.05, 4.69) is 28.8 Å². The summed E-state index contributed by atoms with van der Waals surface area (Å²) in [7, 11) is -4.96. The first-order chi connectivity index (χ1) is 16.4. The van der Waals surface area contributed by atoms with Crippen molar-refractivity contribution in [2.75, 3.05) is 38.8 Å². The lowest BCUT2D eigenvalue weighted by molar-refractivity contribution is -0.163. The second kappa shape index (κ2) is 12.4. The van der Waals surface area contributed by atoms with Gasteiger partial charge in [-0.1, -0.05) is 6.92 Å². The number of nitrogen functional groups attached to an aromatic ring is 1. The molecule has 0 bridgehead atoms. The van der Waals surface area contributed by atoms with E-state index in [1.165, 1.54) is 0 Å². The molecule has 5 N–H and O–H groups in total. The number of carbonyl (C=O) groups excluding carboxylic acids is 2. The van der Waals surface area contributed by atoms with Gasteiger partial charge < -0.3 is 35.3 Å². The molecule has 15 nitrogen and oxygen atoms in total. The maximum atomic E-state index is 14.4. The number of aliphatic hydroxyl groups is 1. The van der Waals surface area contributed by atoms with Crippen molar-refractivity contribution in [1.82, 2.24) is 14.9 Å². The smallest absolute Gasteiger partial charge is 0.454 e. The van der Waals surface area contributed by atoms with Gasteiger partial charge in [-0.05, 0) is 12.6 Å². The summed E-state index contributed by atoms with van der Waals surface area (Å²) in [6, 6.07) is 1.05. The van der Waals surface area contributed by atoms with Crippen molar-refractivity contribution in [2.24, 2.45) is 0 Å². The van der Waals surface area contributed by atoms with Gasteiger partial charge in [-0.2, -0.15) is 13.8 Å². The minimum absolute atomic E-state index is 0.00969. The van der Waals surface area contributed by atoms with Crippen molar-refractivity contribution in [2.45, 2.75) is 37.7 Å². The zero-order chi connectivity index (χ0) is 26.2. The maximum absolute atomic E-state index is 14.4. The van der Waals surface area contributed by atoms with Crippen LogP contribution < -0.4 is 16.7 Å². The molecule has 1 saturated heterocycles. The molecule has 0 radical (unpaired) electrons. The number of aliphatic hydroxyl groups excluding tert-OH is 1. The van der Waals surface area contributed by atoms with Gasteiger partial charge in [0.25, 0.3) is 0 Å². The maximum Gasteiger partial charge on any atom is 0.475 e. The number of phosphoric ester groups is 1. The third-order valence-corrected chi connectivity index (χ3v) is 5.34. The molecule has 1 aliphatic rings. The highest BCUT2D eigenvalue weighted by atomic mass is 31.2. The van der Waals surface area contributed by atoms with E-state index in [4.69, 9.17) is 10.5 Å². The predicted molar refractivity (Wildman–Crippen MR) is 110 cm³/mol. The van der Waals surface area contributed by atoms with Crippen molar-refractivity contribution < 1.29 is 56.2 Å². The number of halogens is 2. The summed E-state index contributed by atoms with van der Waals surface area (Å²) in [5, 5.41) is 12.7. The average Bonchev–Trinajstić information content (AvgIpc) is 3.00. The highest BCUT2D eigenvalue weighted by Crippen LogP contribution is 2.46. The number of hydrogen-bond acceptors (Lipinski definition) is 13. The van der Waals surface area contributed by atoms with Crippen LogP contribution in [0, 0.1) is 0 Å². The third-order valence-electron chi connectivity index (χ3n) is 4.43. The fourth-order valence-corrected chi connectivity index (χ4v) is 3.29. The molecular formula is C17H25F2N4O11P. The standard InChI is InChI=1S/C17H25F2N4O11P/c1-2-21-5-3-12(24)30-8-13(25)31-9-33-35(28,29)32-7-10-14(26)17(18,19)15(34-10)23-6-4-11(20)22-16(23)27/h4,6,10,14-15,21,26H,2-3,5,7-9H2,1H3,(H,28,29)(H2,20,22,27)/t10-,14-,15-/m1/s1. The Hall–Kier alpha value is -2.53. The number of nitrogens with one attached hydrogen (secondary N) is 1. The summed E-state index contributed by atoms with van der Waals surface area (Å²) >= 11 is 0. The van der Waals surface area contributed by atoms with E-state index in [1.807, 2.05) is 6.92 Å². The predicted octanol–water partition coefficient (Wildman–Crippen LogP) is -1.10. The average molecular weight is 530 g/mol. The molecule has 0 spiro atoms. The van der Waals surface area contributed by atoms with Crippen LogP contribution in [0.1, 0.15) is 19.6 Å². The molecule has 18 heteroatoms. The van der Waals surface area contributed by atoms with Crippen LogP contribution in [0.15, 0.2) is 17.1 Å². The number of alkyl halides is 2. The van der Waals surface area contributed by atoms with Gasteiger partial charge in [0.15, 0.2) is 12.7 Å². The number of rotatable bonds is 13. The number of phosphoric acid groups is 1. The lowest BCUT2D eigenvalue weighted by Gasteiger charge is -2.20. The van der Waals surface area contributed by atoms with E-state index in [9.17, 15) is 37.7 Å². The molecule has 1 aromatic heterocycles. The Labute approximate surface area is 196 Å². The van der Waals surface area contributed by atoms with Crippen LogP contribution in [-0.4, -0.2) is 82.7 Å². The van der Waals surface area contributed by atoms with E-state index in [0.29, 0.717) is 17.7 Å². The Morgan fingerprint density at radius 2 is 2.06 bits per heavy atom. The van der Waals surface area contributed by atoms with E-state index in [1.54, 1.807) is 0 Å². The largest absolute Gasteiger partial charge is 0.475 e. The van der Waals surface area contributed by atoms with Gasteiger partial charge in [0, 0.05) is 12.7 Å². The van der Waals surface area contributed by atoms with Crippen molar-refractivity contribution in [3.8, 4) is 0 Å². The van der Waals surface area contributed by atoms with Gasteiger partial charge in [-0.15, -0.1) is 0 Å². The molecule has 1 aliphatic heterocycles. The second-order valence-corrected chi connectivity index (χ2v) is 8.43. The Kier molecular flexibility index (Phi) is 10.2. The lowest BCUT2D eigenvalue weighted by atomic mass is 10.1. The quantitative estimate of drug-likeness (QED) is 0.103. The first-order valence-corrected chi connectivity index (χ1v) is 11.6. The van der Waals surface area contributed by atoms with Crippen molar-refractivity contribution in [3.05, 3.63) is 22.7 Å². The molecule has 2 rings (SSSR count). The number of ether oxygens (including phenoxy) is 3. The van der Waals surface area contributed by atoms with Crippen LogP contribution in [0.3, 0.4) is 0 Å². The Morgan fingerprint density at radius 3 is 2.71 bits per heavy atom. The molecule has 4 atom stereocenters. The molecule has 1 unspecified atom stereocenters. The van der Waals surface area contributed by atoms with Crippen LogP contribution in [0.25, 0.3) is 0 Å². The van der Waals surface area contributed by atoms with Crippen LogP contribution in [0.2, 0.25) is 0 Å². The minimum Gasteiger partial charge on any atom is -0.454 e. The highest BCUT2D eigenvalue weighted by Gasteiger charge is 2.60. The molecule has 1 fully saturated rings. The number of nitrogens with two attached hydrogens (primary N) is 1. The first kappa shape index (κ1) is 28.7. The normalized spacial score (nSPS) is 22.9. The van der Waals surface area contributed by atoms with E-state index >= 15 is 0 Å². The minimum atomic E-state index is -4.96. The zero-order valence-electron chi connectivity index (χ0n) is 18.4. The van der Waals surface area contributed by atoms with E-state index in [-0.39, 0.29) is 12.2 Å². The summed E-state index contributed by atoms with van der Waals surface area (Å²) in [5.74, 6) is -6.01. The molecule has 1 aromatic rings. The van der Waals surface area contributed by atoms with Gasteiger partial charge in [-0.3, -0.25) is 13.9 Å². The first-order valence-electron chi connectivity index (χ1n) is 10.1. The Morgan fingerprint density at radius 1 is 1.34 bits per heavy atom. The number of hydrogen-bond donors (Lipinski definition) is 4. The summed E-state index contributed by atoms with van der Waals surface area (Å²) in [6.07, 6.45) is -5.79. The molecule has 0 saturated carbocycles. The van der Waals surface area contributed by atoms with Gasteiger partial charge in [-0.25, -0.2) is 18.7 Å². The van der Waals surface area contributed by atoms with Gasteiger partial charge in [0.2, 0.25) is 13.0 Å². The highest BCUT2D eigenvalue weighted by molar-refractivity contribution is 7.47.